The minimum absolute atomic E-state index is 0.0597. The number of hydrogen-bond acceptors (Lipinski definition) is 5. The van der Waals surface area contributed by atoms with Crippen LogP contribution >= 0.6 is 0 Å². The second-order valence-corrected chi connectivity index (χ2v) is 3.35. The van der Waals surface area contributed by atoms with E-state index in [9.17, 15) is 10.1 Å². The van der Waals surface area contributed by atoms with Crippen LogP contribution in [0.3, 0.4) is 0 Å². The standard InChI is InChI=1S/C10H7N5O2/c1-7-4-8(15(16)17)10(13-6-7)14-3-2-12-9(14)5-11/h2-4,6H,1H3. The van der Waals surface area contributed by atoms with Crippen LogP contribution in [0.5, 0.6) is 0 Å². The zero-order valence-electron chi connectivity index (χ0n) is 8.86. The van der Waals surface area contributed by atoms with Gasteiger partial charge in [0.2, 0.25) is 11.6 Å². The molecule has 7 nitrogen and oxygen atoms in total. The van der Waals surface area contributed by atoms with Crippen LogP contribution in [0.4, 0.5) is 5.69 Å². The van der Waals surface area contributed by atoms with Crippen LogP contribution in [0.1, 0.15) is 11.4 Å². The molecule has 0 atom stereocenters. The molecule has 2 aromatic heterocycles. The summed E-state index contributed by atoms with van der Waals surface area (Å²) in [6.45, 7) is 1.71. The third-order valence-corrected chi connectivity index (χ3v) is 2.15. The number of imidazole rings is 1. The number of aryl methyl sites for hydroxylation is 1. The monoisotopic (exact) mass is 229 g/mol. The quantitative estimate of drug-likeness (QED) is 0.571. The highest BCUT2D eigenvalue weighted by Crippen LogP contribution is 2.22. The summed E-state index contributed by atoms with van der Waals surface area (Å²) in [6.07, 6.45) is 4.36. The van der Waals surface area contributed by atoms with Gasteiger partial charge in [0.05, 0.1) is 4.92 Å². The van der Waals surface area contributed by atoms with Crippen molar-refractivity contribution in [2.24, 2.45) is 0 Å². The number of aromatic nitrogens is 3. The zero-order chi connectivity index (χ0) is 12.4. The van der Waals surface area contributed by atoms with Crippen molar-refractivity contribution in [3.05, 3.63) is 46.2 Å². The molecule has 0 unspecified atom stereocenters. The van der Waals surface area contributed by atoms with Crippen LogP contribution in [0.15, 0.2) is 24.7 Å². The lowest BCUT2D eigenvalue weighted by molar-refractivity contribution is -0.384. The lowest BCUT2D eigenvalue weighted by Crippen LogP contribution is -2.04. The first-order chi connectivity index (χ1) is 8.13. The molecule has 2 rings (SSSR count). The molecule has 2 heterocycles. The molecule has 0 bridgehead atoms. The Morgan fingerprint density at radius 1 is 1.53 bits per heavy atom. The first-order valence-corrected chi connectivity index (χ1v) is 4.68. The van der Waals surface area contributed by atoms with Crippen LogP contribution in [-0.4, -0.2) is 19.5 Å². The highest BCUT2D eigenvalue weighted by atomic mass is 16.6. The summed E-state index contributed by atoms with van der Waals surface area (Å²) in [4.78, 5) is 18.1. The third-order valence-electron chi connectivity index (χ3n) is 2.15. The molecule has 0 saturated carbocycles. The first-order valence-electron chi connectivity index (χ1n) is 4.68. The maximum absolute atomic E-state index is 10.9. The van der Waals surface area contributed by atoms with Crippen molar-refractivity contribution >= 4 is 5.69 Å². The minimum Gasteiger partial charge on any atom is -0.270 e. The summed E-state index contributed by atoms with van der Waals surface area (Å²) in [7, 11) is 0. The Hall–Kier alpha value is -2.75. The second kappa shape index (κ2) is 4.02. The Labute approximate surface area is 96.1 Å². The van der Waals surface area contributed by atoms with Crippen molar-refractivity contribution in [2.75, 3.05) is 0 Å². The topological polar surface area (TPSA) is 97.6 Å². The van der Waals surface area contributed by atoms with E-state index in [0.717, 1.165) is 0 Å². The molecule has 7 heteroatoms. The van der Waals surface area contributed by atoms with E-state index < -0.39 is 4.92 Å². The van der Waals surface area contributed by atoms with Crippen molar-refractivity contribution in [3.63, 3.8) is 0 Å². The van der Waals surface area contributed by atoms with Crippen LogP contribution in [0.2, 0.25) is 0 Å². The molecule has 0 N–H and O–H groups in total. The maximum atomic E-state index is 10.9. The summed E-state index contributed by atoms with van der Waals surface area (Å²) < 4.78 is 1.29. The number of nitro groups is 1. The van der Waals surface area contributed by atoms with Gasteiger partial charge in [0, 0.05) is 24.7 Å². The Balaban J connectivity index is 2.68. The molecular weight excluding hydrogens is 222 g/mol. The predicted octanol–water partition coefficient (Wildman–Crippen LogP) is 1.36. The largest absolute Gasteiger partial charge is 0.312 e. The van der Waals surface area contributed by atoms with Gasteiger partial charge in [-0.05, 0) is 12.5 Å². The number of rotatable bonds is 2. The Morgan fingerprint density at radius 3 is 2.94 bits per heavy atom. The Bertz CT molecular complexity index is 626. The van der Waals surface area contributed by atoms with Gasteiger partial charge in [-0.25, -0.2) is 9.97 Å². The van der Waals surface area contributed by atoms with Gasteiger partial charge >= 0.3 is 5.69 Å². The molecular formula is C10H7N5O2. The SMILES string of the molecule is Cc1cnc(-n2ccnc2C#N)c([N+](=O)[O-])c1. The number of nitrogens with zero attached hydrogens (tertiary/aromatic N) is 5. The molecule has 0 spiro atoms. The fourth-order valence-electron chi connectivity index (χ4n) is 1.42. The molecule has 0 aliphatic carbocycles. The highest BCUT2D eigenvalue weighted by molar-refractivity contribution is 5.49. The van der Waals surface area contributed by atoms with E-state index in [2.05, 4.69) is 9.97 Å². The first kappa shape index (κ1) is 10.8. The van der Waals surface area contributed by atoms with Crippen LogP contribution in [-0.2, 0) is 0 Å². The van der Waals surface area contributed by atoms with Crippen molar-refractivity contribution in [3.8, 4) is 11.9 Å². The molecule has 0 saturated heterocycles. The zero-order valence-corrected chi connectivity index (χ0v) is 8.86. The van der Waals surface area contributed by atoms with Gasteiger partial charge in [-0.2, -0.15) is 5.26 Å². The van der Waals surface area contributed by atoms with Crippen LogP contribution < -0.4 is 0 Å². The fraction of sp³-hybridized carbons (Fsp3) is 0.100. The summed E-state index contributed by atoms with van der Waals surface area (Å²) in [6, 6.07) is 3.25. The second-order valence-electron chi connectivity index (χ2n) is 3.35. The van der Waals surface area contributed by atoms with Gasteiger partial charge in [0.15, 0.2) is 0 Å². The van der Waals surface area contributed by atoms with E-state index >= 15 is 0 Å². The highest BCUT2D eigenvalue weighted by Gasteiger charge is 2.19. The van der Waals surface area contributed by atoms with E-state index in [1.807, 2.05) is 6.07 Å². The third kappa shape index (κ3) is 1.83. The van der Waals surface area contributed by atoms with Crippen LogP contribution in [0, 0.1) is 28.4 Å². The van der Waals surface area contributed by atoms with Gasteiger partial charge in [-0.15, -0.1) is 0 Å². The maximum Gasteiger partial charge on any atom is 0.312 e. The lowest BCUT2D eigenvalue weighted by Gasteiger charge is -2.04. The van der Waals surface area contributed by atoms with Gasteiger partial charge in [-0.3, -0.25) is 14.7 Å². The molecule has 2 aromatic rings. The molecule has 0 amide bonds. The van der Waals surface area contributed by atoms with Crippen molar-refractivity contribution < 1.29 is 4.92 Å². The summed E-state index contributed by atoms with van der Waals surface area (Å²) >= 11 is 0. The smallest absolute Gasteiger partial charge is 0.270 e. The van der Waals surface area contributed by atoms with Gasteiger partial charge in [0.1, 0.15) is 6.07 Å². The van der Waals surface area contributed by atoms with Crippen LogP contribution in [0.25, 0.3) is 5.82 Å². The normalized spacial score (nSPS) is 9.88. The summed E-state index contributed by atoms with van der Waals surface area (Å²) in [5, 5.41) is 19.7. The lowest BCUT2D eigenvalue weighted by atomic mass is 10.3. The molecule has 84 valence electrons. The average molecular weight is 229 g/mol. The molecule has 0 aliphatic heterocycles. The van der Waals surface area contributed by atoms with E-state index in [-0.39, 0.29) is 17.3 Å². The number of hydrogen-bond donors (Lipinski definition) is 0. The van der Waals surface area contributed by atoms with Gasteiger partial charge in [-0.1, -0.05) is 0 Å². The molecule has 0 radical (unpaired) electrons. The predicted molar refractivity (Wildman–Crippen MR) is 57.5 cm³/mol. The molecule has 0 aliphatic rings. The fourth-order valence-corrected chi connectivity index (χ4v) is 1.42. The Kier molecular flexibility index (Phi) is 2.54. The summed E-state index contributed by atoms with van der Waals surface area (Å²) in [5.41, 5.74) is 0.526. The van der Waals surface area contributed by atoms with Crippen molar-refractivity contribution in [2.45, 2.75) is 6.92 Å². The van der Waals surface area contributed by atoms with E-state index in [1.165, 1.54) is 29.2 Å². The molecule has 0 fully saturated rings. The molecule has 17 heavy (non-hydrogen) atoms. The number of nitriles is 1. The molecule has 0 aromatic carbocycles. The van der Waals surface area contributed by atoms with E-state index in [1.54, 1.807) is 6.92 Å². The van der Waals surface area contributed by atoms with Gasteiger partial charge < -0.3 is 0 Å². The number of pyridine rings is 1. The average Bonchev–Trinajstić information content (AvgIpc) is 2.76. The van der Waals surface area contributed by atoms with E-state index in [0.29, 0.717) is 5.56 Å². The van der Waals surface area contributed by atoms with E-state index in [4.69, 9.17) is 5.26 Å². The summed E-state index contributed by atoms with van der Waals surface area (Å²) in [5.74, 6) is 0.152. The van der Waals surface area contributed by atoms with Crippen molar-refractivity contribution in [1.29, 1.82) is 5.26 Å². The minimum atomic E-state index is -0.531. The van der Waals surface area contributed by atoms with Crippen molar-refractivity contribution in [1.82, 2.24) is 14.5 Å². The van der Waals surface area contributed by atoms with Gasteiger partial charge in [0.25, 0.3) is 0 Å². The Morgan fingerprint density at radius 2 is 2.29 bits per heavy atom.